The van der Waals surface area contributed by atoms with Crippen LogP contribution in [0.15, 0.2) is 42.6 Å². The molecule has 3 heterocycles. The van der Waals surface area contributed by atoms with Crippen LogP contribution < -0.4 is 24.7 Å². The van der Waals surface area contributed by atoms with Gasteiger partial charge in [0.2, 0.25) is 10.0 Å². The number of rotatable bonds is 6. The summed E-state index contributed by atoms with van der Waals surface area (Å²) in [5.74, 6) is 2.33. The van der Waals surface area contributed by atoms with E-state index in [2.05, 4.69) is 63.7 Å². The van der Waals surface area contributed by atoms with Gasteiger partial charge in [0.15, 0.2) is 0 Å². The lowest BCUT2D eigenvalue weighted by molar-refractivity contribution is -0.0695. The van der Waals surface area contributed by atoms with Gasteiger partial charge in [-0.1, -0.05) is 12.1 Å². The number of carbonyl (C=O) groups excluding carboxylic acids is 1. The van der Waals surface area contributed by atoms with E-state index in [0.717, 1.165) is 81.2 Å². The van der Waals surface area contributed by atoms with Gasteiger partial charge in [-0.2, -0.15) is 0 Å². The molecule has 45 heavy (non-hydrogen) atoms. The summed E-state index contributed by atoms with van der Waals surface area (Å²) < 4.78 is 26.5. The maximum atomic E-state index is 13.9. The van der Waals surface area contributed by atoms with Crippen LogP contribution in [0.5, 0.6) is 0 Å². The molecule has 2 atom stereocenters. The van der Waals surface area contributed by atoms with Crippen LogP contribution in [0.3, 0.4) is 0 Å². The molecule has 1 aromatic heterocycles. The number of hydrogen-bond donors (Lipinski definition) is 2. The molecule has 11 heteroatoms. The smallest absolute Gasteiger partial charge is 0.322 e. The Hall–Kier alpha value is -2.89. The van der Waals surface area contributed by atoms with Gasteiger partial charge < -0.3 is 15.1 Å². The Labute approximate surface area is 268 Å². The van der Waals surface area contributed by atoms with Crippen LogP contribution in [0.4, 0.5) is 27.7 Å². The molecule has 6 aliphatic rings. The minimum atomic E-state index is -3.22. The Balaban J connectivity index is 1.02. The number of aromatic nitrogens is 1. The van der Waals surface area contributed by atoms with Gasteiger partial charge in [-0.25, -0.2) is 22.9 Å². The van der Waals surface area contributed by atoms with Gasteiger partial charge in [0.1, 0.15) is 5.82 Å². The molecule has 0 radical (unpaired) electrons. The number of fused-ring (bicyclic) bond motifs is 1. The highest BCUT2D eigenvalue weighted by Crippen LogP contribution is 2.60. The molecular weight excluding hydrogens is 586 g/mol. The minimum Gasteiger partial charge on any atom is -0.368 e. The van der Waals surface area contributed by atoms with E-state index in [0.29, 0.717) is 37.4 Å². The lowest BCUT2D eigenvalue weighted by atomic mass is 9.48. The van der Waals surface area contributed by atoms with Crippen molar-refractivity contribution in [2.75, 3.05) is 66.8 Å². The van der Waals surface area contributed by atoms with E-state index in [-0.39, 0.29) is 23.0 Å². The van der Waals surface area contributed by atoms with E-state index in [1.165, 1.54) is 6.26 Å². The lowest BCUT2D eigenvalue weighted by Crippen LogP contribution is -2.62. The zero-order valence-corrected chi connectivity index (χ0v) is 28.0. The number of amides is 2. The lowest BCUT2D eigenvalue weighted by Gasteiger charge is -2.60. The highest BCUT2D eigenvalue weighted by Gasteiger charge is 2.55. The molecule has 10 nitrogen and oxygen atoms in total. The SMILES string of the molecule is CC(C)(C)N1CCN(c2ccc(N3CCN(C(=O)N[C@H]4C5CC6CC4C[C@@](CNS(C)(=O)=O)(C6)C5)c4ccccc43)nc2)CC1. The number of pyridine rings is 1. The number of nitrogens with one attached hydrogen (secondary N) is 2. The molecule has 2 aromatic rings. The third-order valence-electron chi connectivity index (χ3n) is 11.3. The first-order chi connectivity index (χ1) is 21.4. The molecule has 2 amide bonds. The van der Waals surface area contributed by atoms with E-state index in [4.69, 9.17) is 4.98 Å². The van der Waals surface area contributed by atoms with Crippen LogP contribution in [0.1, 0.15) is 52.9 Å². The van der Waals surface area contributed by atoms with E-state index in [1.807, 2.05) is 29.3 Å². The fourth-order valence-electron chi connectivity index (χ4n) is 9.32. The van der Waals surface area contributed by atoms with Crippen molar-refractivity contribution in [1.82, 2.24) is 19.9 Å². The van der Waals surface area contributed by atoms with Crippen molar-refractivity contribution in [3.63, 3.8) is 0 Å². The predicted octanol–water partition coefficient (Wildman–Crippen LogP) is 4.41. The molecule has 4 bridgehead atoms. The average Bonchev–Trinajstić information content (AvgIpc) is 3.00. The van der Waals surface area contributed by atoms with Crippen molar-refractivity contribution in [2.45, 2.75) is 64.5 Å². The topological polar surface area (TPSA) is 101 Å². The van der Waals surface area contributed by atoms with Crippen molar-refractivity contribution in [1.29, 1.82) is 0 Å². The average molecular weight is 636 g/mol. The molecule has 2 unspecified atom stereocenters. The zero-order valence-electron chi connectivity index (χ0n) is 27.2. The Morgan fingerprint density at radius 3 is 2.24 bits per heavy atom. The first-order valence-electron chi connectivity index (χ1n) is 16.7. The summed E-state index contributed by atoms with van der Waals surface area (Å²) in [6.07, 6.45) is 8.54. The standard InChI is InChI=1S/C34H49N7O3S/c1-33(2,3)39-13-11-38(12-14-39)27-9-10-30(35-22-27)40-15-16-41(29-8-6-5-7-28(29)40)32(42)37-31-25-17-24-18-26(31)21-34(19-24,20-25)23-36-45(4,43)44/h5-10,22,24-26,31,36H,11-21,23H2,1-4H3,(H,37,42)/t24?,25?,26?,31-,34+. The maximum absolute atomic E-state index is 13.9. The van der Waals surface area contributed by atoms with E-state index < -0.39 is 10.0 Å². The molecule has 4 saturated carbocycles. The van der Waals surface area contributed by atoms with Gasteiger partial charge in [-0.15, -0.1) is 0 Å². The summed E-state index contributed by atoms with van der Waals surface area (Å²) in [6.45, 7) is 12.7. The van der Waals surface area contributed by atoms with E-state index >= 15 is 0 Å². The largest absolute Gasteiger partial charge is 0.368 e. The van der Waals surface area contributed by atoms with Crippen molar-refractivity contribution in [2.24, 2.45) is 23.2 Å². The number of nitrogens with zero attached hydrogens (tertiary/aromatic N) is 5. The van der Waals surface area contributed by atoms with E-state index in [9.17, 15) is 13.2 Å². The molecule has 1 aromatic carbocycles. The van der Waals surface area contributed by atoms with Crippen molar-refractivity contribution in [3.8, 4) is 0 Å². The quantitative estimate of drug-likeness (QED) is 0.485. The Bertz CT molecular complexity index is 1500. The van der Waals surface area contributed by atoms with E-state index in [1.54, 1.807) is 0 Å². The Morgan fingerprint density at radius 2 is 1.62 bits per heavy atom. The number of sulfonamides is 1. The number of para-hydroxylation sites is 2. The second kappa shape index (κ2) is 11.4. The van der Waals surface area contributed by atoms with Gasteiger partial charge >= 0.3 is 6.03 Å². The maximum Gasteiger partial charge on any atom is 0.322 e. The highest BCUT2D eigenvalue weighted by molar-refractivity contribution is 7.88. The summed E-state index contributed by atoms with van der Waals surface area (Å²) in [5, 5.41) is 3.48. The third kappa shape index (κ3) is 6.15. The van der Waals surface area contributed by atoms with Crippen LogP contribution in [0.25, 0.3) is 0 Å². The Kier molecular flexibility index (Phi) is 7.80. The molecule has 0 spiro atoms. The molecule has 8 rings (SSSR count). The first-order valence-corrected chi connectivity index (χ1v) is 18.6. The first kappa shape index (κ1) is 30.7. The van der Waals surface area contributed by atoms with Crippen molar-refractivity contribution >= 4 is 38.9 Å². The summed E-state index contributed by atoms with van der Waals surface area (Å²) in [7, 11) is -3.22. The van der Waals surface area contributed by atoms with Crippen LogP contribution in [-0.4, -0.2) is 88.0 Å². The summed E-state index contributed by atoms with van der Waals surface area (Å²) in [6, 6.07) is 12.5. The molecule has 5 fully saturated rings. The fraction of sp³-hybridized carbons (Fsp3) is 0.647. The Morgan fingerprint density at radius 1 is 0.933 bits per heavy atom. The second-order valence-electron chi connectivity index (χ2n) is 15.4. The van der Waals surface area contributed by atoms with Crippen molar-refractivity contribution < 1.29 is 13.2 Å². The summed E-state index contributed by atoms with van der Waals surface area (Å²) in [4.78, 5) is 27.9. The summed E-state index contributed by atoms with van der Waals surface area (Å²) in [5.41, 5.74) is 3.28. The van der Waals surface area contributed by atoms with Crippen molar-refractivity contribution in [3.05, 3.63) is 42.6 Å². The minimum absolute atomic E-state index is 0.0272. The van der Waals surface area contributed by atoms with Crippen LogP contribution in [0, 0.1) is 23.2 Å². The molecule has 244 valence electrons. The van der Waals surface area contributed by atoms with Crippen LogP contribution >= 0.6 is 0 Å². The third-order valence-corrected chi connectivity index (χ3v) is 11.9. The van der Waals surface area contributed by atoms with Gasteiger partial charge in [0.05, 0.1) is 29.5 Å². The van der Waals surface area contributed by atoms with Crippen LogP contribution in [0.2, 0.25) is 0 Å². The number of piperazine rings is 1. The molecule has 4 aliphatic carbocycles. The van der Waals surface area contributed by atoms with Crippen LogP contribution in [-0.2, 0) is 10.0 Å². The molecule has 1 saturated heterocycles. The molecule has 2 aliphatic heterocycles. The fourth-order valence-corrected chi connectivity index (χ4v) is 9.89. The molecular formula is C34H49N7O3S. The number of benzene rings is 1. The normalized spacial score (nSPS) is 30.0. The monoisotopic (exact) mass is 635 g/mol. The van der Waals surface area contributed by atoms with Gasteiger partial charge in [-0.05, 0) is 100 Å². The molecule has 2 N–H and O–H groups in total. The summed E-state index contributed by atoms with van der Waals surface area (Å²) >= 11 is 0. The second-order valence-corrected chi connectivity index (χ2v) is 17.2. The van der Waals surface area contributed by atoms with Gasteiger partial charge in [0, 0.05) is 57.4 Å². The zero-order chi connectivity index (χ0) is 31.6. The number of carbonyl (C=O) groups is 1. The van der Waals surface area contributed by atoms with Gasteiger partial charge in [0.25, 0.3) is 0 Å². The number of anilines is 4. The number of hydrogen-bond acceptors (Lipinski definition) is 7. The number of urea groups is 1. The van der Waals surface area contributed by atoms with Gasteiger partial charge in [-0.3, -0.25) is 9.80 Å². The highest BCUT2D eigenvalue weighted by atomic mass is 32.2. The predicted molar refractivity (Wildman–Crippen MR) is 180 cm³/mol.